The van der Waals surface area contributed by atoms with Crippen LogP contribution < -0.4 is 0 Å². The third kappa shape index (κ3) is 2.78. The lowest BCUT2D eigenvalue weighted by atomic mass is 10.1. The monoisotopic (exact) mass is 264 g/mol. The SMILES string of the molecule is CN1CCN(CC(=O)c2cccc(F)c2)C(=O)C1=O. The van der Waals surface area contributed by atoms with Gasteiger partial charge < -0.3 is 9.80 Å². The van der Waals surface area contributed by atoms with Gasteiger partial charge in [0.05, 0.1) is 6.54 Å². The molecule has 6 heteroatoms. The molecule has 0 bridgehead atoms. The summed E-state index contributed by atoms with van der Waals surface area (Å²) < 4.78 is 13.0. The van der Waals surface area contributed by atoms with Crippen molar-refractivity contribution in [2.75, 3.05) is 26.7 Å². The lowest BCUT2D eigenvalue weighted by Crippen LogP contribution is -2.53. The van der Waals surface area contributed by atoms with E-state index in [2.05, 4.69) is 0 Å². The van der Waals surface area contributed by atoms with Crippen LogP contribution in [0.2, 0.25) is 0 Å². The number of Topliss-reactive ketones (excluding diaryl/α,β-unsaturated/α-hetero) is 1. The van der Waals surface area contributed by atoms with Crippen LogP contribution in [0.1, 0.15) is 10.4 Å². The third-order valence-electron chi connectivity index (χ3n) is 3.00. The van der Waals surface area contributed by atoms with Crippen molar-refractivity contribution in [3.05, 3.63) is 35.6 Å². The Labute approximate surface area is 109 Å². The van der Waals surface area contributed by atoms with E-state index in [1.165, 1.54) is 35.0 Å². The summed E-state index contributed by atoms with van der Waals surface area (Å²) in [4.78, 5) is 37.6. The summed E-state index contributed by atoms with van der Waals surface area (Å²) in [7, 11) is 1.53. The molecule has 1 heterocycles. The van der Waals surface area contributed by atoms with Gasteiger partial charge in [0.25, 0.3) is 0 Å². The Kier molecular flexibility index (Phi) is 3.59. The molecule has 0 spiro atoms. The molecular weight excluding hydrogens is 251 g/mol. The molecule has 2 amide bonds. The standard InChI is InChI=1S/C13H13FN2O3/c1-15-5-6-16(13(19)12(15)18)8-11(17)9-3-2-4-10(14)7-9/h2-4,7H,5-6,8H2,1H3. The predicted molar refractivity (Wildman–Crippen MR) is 64.9 cm³/mol. The van der Waals surface area contributed by atoms with Crippen molar-refractivity contribution in [3.8, 4) is 0 Å². The summed E-state index contributed by atoms with van der Waals surface area (Å²) in [6.45, 7) is 0.491. The van der Waals surface area contributed by atoms with Gasteiger partial charge in [-0.1, -0.05) is 12.1 Å². The summed E-state index contributed by atoms with van der Waals surface area (Å²) in [6, 6.07) is 5.26. The van der Waals surface area contributed by atoms with Crippen LogP contribution in [0.15, 0.2) is 24.3 Å². The topological polar surface area (TPSA) is 57.7 Å². The van der Waals surface area contributed by atoms with E-state index in [0.717, 1.165) is 6.07 Å². The van der Waals surface area contributed by atoms with Gasteiger partial charge in [0, 0.05) is 25.7 Å². The summed E-state index contributed by atoms with van der Waals surface area (Å²) >= 11 is 0. The maximum absolute atomic E-state index is 13.0. The van der Waals surface area contributed by atoms with Crippen molar-refractivity contribution in [2.45, 2.75) is 0 Å². The molecular formula is C13H13FN2O3. The highest BCUT2D eigenvalue weighted by Gasteiger charge is 2.31. The molecule has 1 saturated heterocycles. The van der Waals surface area contributed by atoms with Gasteiger partial charge in [-0.05, 0) is 12.1 Å². The molecule has 0 N–H and O–H groups in total. The largest absolute Gasteiger partial charge is 0.336 e. The maximum Gasteiger partial charge on any atom is 0.312 e. The molecule has 0 radical (unpaired) electrons. The van der Waals surface area contributed by atoms with Crippen LogP contribution >= 0.6 is 0 Å². The Hall–Kier alpha value is -2.24. The van der Waals surface area contributed by atoms with Crippen molar-refractivity contribution < 1.29 is 18.8 Å². The molecule has 1 aromatic carbocycles. The molecule has 1 aliphatic heterocycles. The lowest BCUT2D eigenvalue weighted by Gasteiger charge is -2.30. The average molecular weight is 264 g/mol. The highest BCUT2D eigenvalue weighted by atomic mass is 19.1. The number of amides is 2. The Bertz CT molecular complexity index is 544. The maximum atomic E-state index is 13.0. The number of hydrogen-bond donors (Lipinski definition) is 0. The van der Waals surface area contributed by atoms with E-state index in [1.54, 1.807) is 0 Å². The first-order valence-corrected chi connectivity index (χ1v) is 5.82. The predicted octanol–water partition coefficient (Wildman–Crippen LogP) is 0.309. The number of likely N-dealkylation sites (N-methyl/N-ethyl adjacent to an activating group) is 1. The first-order chi connectivity index (χ1) is 8.99. The van der Waals surface area contributed by atoms with E-state index in [4.69, 9.17) is 0 Å². The quantitative estimate of drug-likeness (QED) is 0.583. The number of nitrogens with zero attached hydrogens (tertiary/aromatic N) is 2. The fourth-order valence-corrected chi connectivity index (χ4v) is 1.85. The fourth-order valence-electron chi connectivity index (χ4n) is 1.85. The van der Waals surface area contributed by atoms with E-state index in [-0.39, 0.29) is 17.9 Å². The lowest BCUT2D eigenvalue weighted by molar-refractivity contribution is -0.154. The Balaban J connectivity index is 2.07. The minimum absolute atomic E-state index is 0.194. The average Bonchev–Trinajstić information content (AvgIpc) is 2.39. The van der Waals surface area contributed by atoms with Crippen LogP contribution in [0.25, 0.3) is 0 Å². The van der Waals surface area contributed by atoms with Crippen LogP contribution in [0.3, 0.4) is 0 Å². The van der Waals surface area contributed by atoms with Gasteiger partial charge in [-0.3, -0.25) is 14.4 Å². The van der Waals surface area contributed by atoms with Crippen LogP contribution in [-0.2, 0) is 9.59 Å². The van der Waals surface area contributed by atoms with Crippen LogP contribution in [-0.4, -0.2) is 54.1 Å². The van der Waals surface area contributed by atoms with E-state index in [0.29, 0.717) is 13.1 Å². The van der Waals surface area contributed by atoms with Crippen molar-refractivity contribution in [3.63, 3.8) is 0 Å². The second-order valence-electron chi connectivity index (χ2n) is 4.39. The van der Waals surface area contributed by atoms with Crippen LogP contribution in [0.4, 0.5) is 4.39 Å². The van der Waals surface area contributed by atoms with Gasteiger partial charge in [0.15, 0.2) is 5.78 Å². The van der Waals surface area contributed by atoms with Crippen LogP contribution in [0, 0.1) is 5.82 Å². The van der Waals surface area contributed by atoms with Crippen molar-refractivity contribution >= 4 is 17.6 Å². The van der Waals surface area contributed by atoms with Crippen molar-refractivity contribution in [1.29, 1.82) is 0 Å². The number of halogens is 1. The van der Waals surface area contributed by atoms with Crippen LogP contribution in [0.5, 0.6) is 0 Å². The normalized spacial score (nSPS) is 15.9. The first-order valence-electron chi connectivity index (χ1n) is 5.82. The number of ketones is 1. The molecule has 19 heavy (non-hydrogen) atoms. The fraction of sp³-hybridized carbons (Fsp3) is 0.308. The zero-order valence-electron chi connectivity index (χ0n) is 10.4. The van der Waals surface area contributed by atoms with E-state index in [9.17, 15) is 18.8 Å². The number of carbonyl (C=O) groups excluding carboxylic acids is 3. The number of piperazine rings is 1. The highest BCUT2D eigenvalue weighted by Crippen LogP contribution is 2.08. The van der Waals surface area contributed by atoms with Gasteiger partial charge in [-0.15, -0.1) is 0 Å². The summed E-state index contributed by atoms with van der Waals surface area (Å²) in [5.74, 6) is -2.21. The summed E-state index contributed by atoms with van der Waals surface area (Å²) in [6.07, 6.45) is 0. The smallest absolute Gasteiger partial charge is 0.312 e. The van der Waals surface area contributed by atoms with Crippen molar-refractivity contribution in [2.24, 2.45) is 0 Å². The zero-order chi connectivity index (χ0) is 14.0. The number of carbonyl (C=O) groups is 3. The molecule has 0 atom stereocenters. The van der Waals surface area contributed by atoms with Gasteiger partial charge in [0.1, 0.15) is 5.82 Å². The highest BCUT2D eigenvalue weighted by molar-refractivity contribution is 6.35. The summed E-state index contributed by atoms with van der Waals surface area (Å²) in [5.41, 5.74) is 0.194. The molecule has 100 valence electrons. The molecule has 5 nitrogen and oxygen atoms in total. The minimum Gasteiger partial charge on any atom is -0.336 e. The number of rotatable bonds is 3. The second-order valence-corrected chi connectivity index (χ2v) is 4.39. The molecule has 1 fully saturated rings. The van der Waals surface area contributed by atoms with E-state index in [1.807, 2.05) is 0 Å². The van der Waals surface area contributed by atoms with Gasteiger partial charge in [-0.2, -0.15) is 0 Å². The third-order valence-corrected chi connectivity index (χ3v) is 3.00. The molecule has 0 aliphatic carbocycles. The van der Waals surface area contributed by atoms with E-state index < -0.39 is 17.6 Å². The number of hydrogen-bond acceptors (Lipinski definition) is 3. The minimum atomic E-state index is -0.696. The Morgan fingerprint density at radius 3 is 2.68 bits per heavy atom. The first kappa shape index (κ1) is 13.2. The van der Waals surface area contributed by atoms with Gasteiger partial charge >= 0.3 is 11.8 Å². The van der Waals surface area contributed by atoms with Gasteiger partial charge in [0.2, 0.25) is 0 Å². The Morgan fingerprint density at radius 2 is 2.00 bits per heavy atom. The zero-order valence-corrected chi connectivity index (χ0v) is 10.4. The van der Waals surface area contributed by atoms with Gasteiger partial charge in [-0.25, -0.2) is 4.39 Å². The molecule has 0 saturated carbocycles. The molecule has 1 aromatic rings. The molecule has 0 unspecified atom stereocenters. The number of benzene rings is 1. The molecule has 0 aromatic heterocycles. The molecule has 1 aliphatic rings. The second kappa shape index (κ2) is 5.17. The summed E-state index contributed by atoms with van der Waals surface area (Å²) in [5, 5.41) is 0. The van der Waals surface area contributed by atoms with E-state index >= 15 is 0 Å². The molecule has 2 rings (SSSR count). The van der Waals surface area contributed by atoms with Crippen molar-refractivity contribution in [1.82, 2.24) is 9.80 Å². The Morgan fingerprint density at radius 1 is 1.26 bits per heavy atom.